The van der Waals surface area contributed by atoms with Gasteiger partial charge in [0.15, 0.2) is 5.43 Å². The predicted octanol–water partition coefficient (Wildman–Crippen LogP) is 1.69. The Morgan fingerprint density at radius 1 is 1.11 bits per heavy atom. The van der Waals surface area contributed by atoms with Crippen molar-refractivity contribution >= 4 is 10.9 Å². The van der Waals surface area contributed by atoms with E-state index in [1.165, 1.54) is 13.2 Å². The van der Waals surface area contributed by atoms with Gasteiger partial charge in [-0.2, -0.15) is 0 Å². The highest BCUT2D eigenvalue weighted by Crippen LogP contribution is 2.29. The third kappa shape index (κ3) is 2.04. The Kier molecular flexibility index (Phi) is 3.53. The summed E-state index contributed by atoms with van der Waals surface area (Å²) in [5.41, 5.74) is 1.20. The number of hydrogen-bond donors (Lipinski definition) is 1. The molecule has 0 amide bonds. The maximum Gasteiger partial charge on any atom is 0.193 e. The number of pyridine rings is 1. The molecule has 0 fully saturated rings. The van der Waals surface area contributed by atoms with E-state index in [2.05, 4.69) is 4.98 Å². The molecule has 18 heavy (non-hydrogen) atoms. The van der Waals surface area contributed by atoms with Crippen LogP contribution in [0.3, 0.4) is 0 Å². The minimum Gasteiger partial charge on any atom is -0.496 e. The van der Waals surface area contributed by atoms with Crippen molar-refractivity contribution in [1.29, 1.82) is 0 Å². The highest BCUT2D eigenvalue weighted by molar-refractivity contribution is 5.90. The number of H-pyrrole nitrogens is 1. The lowest BCUT2D eigenvalue weighted by atomic mass is 10.1. The van der Waals surface area contributed by atoms with Crippen molar-refractivity contribution in [2.75, 3.05) is 21.3 Å². The van der Waals surface area contributed by atoms with Crippen LogP contribution in [0.4, 0.5) is 0 Å². The second-order valence-electron chi connectivity index (χ2n) is 3.81. The Labute approximate surface area is 104 Å². The van der Waals surface area contributed by atoms with Crippen LogP contribution in [0.25, 0.3) is 10.9 Å². The number of aromatic nitrogens is 1. The molecule has 5 heteroatoms. The van der Waals surface area contributed by atoms with Crippen LogP contribution in [0.15, 0.2) is 23.0 Å². The van der Waals surface area contributed by atoms with Crippen molar-refractivity contribution in [1.82, 2.24) is 4.98 Å². The molecule has 0 atom stereocenters. The predicted molar refractivity (Wildman–Crippen MR) is 68.4 cm³/mol. The molecule has 0 spiro atoms. The molecule has 5 nitrogen and oxygen atoms in total. The molecule has 0 unspecified atom stereocenters. The Morgan fingerprint density at radius 3 is 2.39 bits per heavy atom. The van der Waals surface area contributed by atoms with Crippen LogP contribution >= 0.6 is 0 Å². The van der Waals surface area contributed by atoms with E-state index < -0.39 is 0 Å². The van der Waals surface area contributed by atoms with Gasteiger partial charge in [-0.1, -0.05) is 0 Å². The van der Waals surface area contributed by atoms with Gasteiger partial charge in [-0.25, -0.2) is 0 Å². The van der Waals surface area contributed by atoms with Crippen molar-refractivity contribution in [2.45, 2.75) is 6.61 Å². The summed E-state index contributed by atoms with van der Waals surface area (Å²) in [5, 5.41) is 0.483. The first-order valence-corrected chi connectivity index (χ1v) is 5.47. The molecular weight excluding hydrogens is 234 g/mol. The molecule has 96 valence electrons. The van der Waals surface area contributed by atoms with Gasteiger partial charge < -0.3 is 19.2 Å². The summed E-state index contributed by atoms with van der Waals surface area (Å²) >= 11 is 0. The minimum absolute atomic E-state index is 0.119. The Balaban J connectivity index is 2.80. The van der Waals surface area contributed by atoms with Gasteiger partial charge in [-0.05, 0) is 12.1 Å². The number of nitrogens with one attached hydrogen (secondary N) is 1. The quantitative estimate of drug-likeness (QED) is 0.895. The van der Waals surface area contributed by atoms with Gasteiger partial charge in [0.2, 0.25) is 0 Å². The average Bonchev–Trinajstić information content (AvgIpc) is 2.37. The second kappa shape index (κ2) is 5.10. The van der Waals surface area contributed by atoms with Gasteiger partial charge >= 0.3 is 0 Å². The number of benzene rings is 1. The van der Waals surface area contributed by atoms with Crippen LogP contribution < -0.4 is 14.9 Å². The molecule has 0 saturated heterocycles. The Morgan fingerprint density at radius 2 is 1.78 bits per heavy atom. The van der Waals surface area contributed by atoms with E-state index in [0.29, 0.717) is 34.7 Å². The third-order valence-corrected chi connectivity index (χ3v) is 2.71. The summed E-state index contributed by atoms with van der Waals surface area (Å²) in [7, 11) is 4.66. The first kappa shape index (κ1) is 12.4. The minimum atomic E-state index is -0.119. The highest BCUT2D eigenvalue weighted by Gasteiger charge is 2.12. The van der Waals surface area contributed by atoms with Crippen LogP contribution in [0.1, 0.15) is 5.69 Å². The molecule has 1 N–H and O–H groups in total. The van der Waals surface area contributed by atoms with E-state index in [1.807, 2.05) is 0 Å². The van der Waals surface area contributed by atoms with E-state index >= 15 is 0 Å². The van der Waals surface area contributed by atoms with Gasteiger partial charge in [0, 0.05) is 18.9 Å². The molecular formula is C13H15NO4. The lowest BCUT2D eigenvalue weighted by molar-refractivity contribution is 0.181. The van der Waals surface area contributed by atoms with Crippen molar-refractivity contribution in [3.05, 3.63) is 34.1 Å². The molecule has 1 aromatic carbocycles. The van der Waals surface area contributed by atoms with Crippen LogP contribution in [-0.2, 0) is 11.3 Å². The fraction of sp³-hybridized carbons (Fsp3) is 0.308. The Hall–Kier alpha value is -2.01. The van der Waals surface area contributed by atoms with Crippen LogP contribution in [-0.4, -0.2) is 26.3 Å². The summed E-state index contributed by atoms with van der Waals surface area (Å²) < 4.78 is 15.5. The van der Waals surface area contributed by atoms with Gasteiger partial charge in [-0.15, -0.1) is 0 Å². The zero-order valence-electron chi connectivity index (χ0n) is 10.6. The van der Waals surface area contributed by atoms with E-state index in [-0.39, 0.29) is 5.43 Å². The van der Waals surface area contributed by atoms with Gasteiger partial charge in [0.05, 0.1) is 31.7 Å². The Bertz CT molecular complexity index is 618. The molecule has 2 aromatic rings. The monoisotopic (exact) mass is 249 g/mol. The van der Waals surface area contributed by atoms with E-state index in [9.17, 15) is 4.79 Å². The van der Waals surface area contributed by atoms with E-state index in [0.717, 1.165) is 0 Å². The summed E-state index contributed by atoms with van der Waals surface area (Å²) in [6.45, 7) is 0.339. The standard InChI is InChI=1S/C13H15NO4/c1-16-7-8-6-9(15)12-10(17-2)4-5-11(18-3)13(12)14-8/h4-6H,7H2,1-3H3,(H,14,15). The van der Waals surface area contributed by atoms with Gasteiger partial charge in [-0.3, -0.25) is 4.79 Å². The SMILES string of the molecule is COCc1cc(=O)c2c(OC)ccc(OC)c2[nH]1. The third-order valence-electron chi connectivity index (χ3n) is 2.71. The molecule has 0 bridgehead atoms. The number of hydrogen-bond acceptors (Lipinski definition) is 4. The molecule has 0 aliphatic heterocycles. The molecule has 2 rings (SSSR count). The smallest absolute Gasteiger partial charge is 0.193 e. The molecule has 0 radical (unpaired) electrons. The fourth-order valence-corrected chi connectivity index (χ4v) is 1.93. The first-order valence-electron chi connectivity index (χ1n) is 5.47. The first-order chi connectivity index (χ1) is 8.71. The maximum atomic E-state index is 12.1. The molecule has 0 saturated carbocycles. The van der Waals surface area contributed by atoms with Crippen molar-refractivity contribution < 1.29 is 14.2 Å². The van der Waals surface area contributed by atoms with Crippen molar-refractivity contribution in [3.8, 4) is 11.5 Å². The summed E-state index contributed by atoms with van der Waals surface area (Å²) in [5.74, 6) is 1.12. The average molecular weight is 249 g/mol. The van der Waals surface area contributed by atoms with Crippen LogP contribution in [0, 0.1) is 0 Å². The fourth-order valence-electron chi connectivity index (χ4n) is 1.93. The molecule has 1 heterocycles. The summed E-state index contributed by atoms with van der Waals surface area (Å²) in [4.78, 5) is 15.2. The van der Waals surface area contributed by atoms with Crippen molar-refractivity contribution in [2.24, 2.45) is 0 Å². The zero-order chi connectivity index (χ0) is 13.1. The molecule has 0 aliphatic carbocycles. The second-order valence-corrected chi connectivity index (χ2v) is 3.81. The van der Waals surface area contributed by atoms with E-state index in [1.54, 1.807) is 26.4 Å². The van der Waals surface area contributed by atoms with Gasteiger partial charge in [0.25, 0.3) is 0 Å². The van der Waals surface area contributed by atoms with Crippen molar-refractivity contribution in [3.63, 3.8) is 0 Å². The zero-order valence-corrected chi connectivity index (χ0v) is 10.6. The number of aromatic amines is 1. The number of ether oxygens (including phenoxy) is 3. The summed E-state index contributed by atoms with van der Waals surface area (Å²) in [6, 6.07) is 4.98. The van der Waals surface area contributed by atoms with Gasteiger partial charge in [0.1, 0.15) is 11.5 Å². The van der Waals surface area contributed by atoms with E-state index in [4.69, 9.17) is 14.2 Å². The lowest BCUT2D eigenvalue weighted by Crippen LogP contribution is -2.08. The highest BCUT2D eigenvalue weighted by atomic mass is 16.5. The lowest BCUT2D eigenvalue weighted by Gasteiger charge is -2.10. The number of fused-ring (bicyclic) bond motifs is 1. The van der Waals surface area contributed by atoms with Crippen LogP contribution in [0.5, 0.6) is 11.5 Å². The normalized spacial score (nSPS) is 10.6. The molecule has 1 aromatic heterocycles. The molecule has 0 aliphatic rings. The van der Waals surface area contributed by atoms with Crippen LogP contribution in [0.2, 0.25) is 0 Å². The number of methoxy groups -OCH3 is 3. The maximum absolute atomic E-state index is 12.1. The topological polar surface area (TPSA) is 60.6 Å². The number of rotatable bonds is 4. The summed E-state index contributed by atoms with van der Waals surface area (Å²) in [6.07, 6.45) is 0. The largest absolute Gasteiger partial charge is 0.496 e.